The predicted octanol–water partition coefficient (Wildman–Crippen LogP) is 4.60. The third kappa shape index (κ3) is 2.85. The maximum absolute atomic E-state index is 13.3. The molecule has 0 amide bonds. The summed E-state index contributed by atoms with van der Waals surface area (Å²) in [5, 5.41) is 4.33. The predicted molar refractivity (Wildman–Crippen MR) is 85.0 cm³/mol. The Bertz CT molecular complexity index is 543. The number of nitrogens with zero attached hydrogens (tertiary/aromatic N) is 1. The minimum absolute atomic E-state index is 0.153. The van der Waals surface area contributed by atoms with Crippen LogP contribution in [0.25, 0.3) is 0 Å². The van der Waals surface area contributed by atoms with Crippen molar-refractivity contribution in [3.8, 4) is 0 Å². The first-order valence-electron chi connectivity index (χ1n) is 7.32. The molecule has 3 rings (SSSR count). The molecule has 1 aromatic carbocycles. The molecule has 2 nitrogen and oxygen atoms in total. The Labute approximate surface area is 124 Å². The minimum atomic E-state index is -0.158. The van der Waals surface area contributed by atoms with Gasteiger partial charge in [0.2, 0.25) is 0 Å². The van der Waals surface area contributed by atoms with Crippen molar-refractivity contribution < 1.29 is 4.39 Å². The third-order valence-electron chi connectivity index (χ3n) is 4.29. The fraction of sp³-hybridized carbons (Fsp3) is 0.562. The maximum Gasteiger partial charge on any atom is 0.161 e. The van der Waals surface area contributed by atoms with Gasteiger partial charge in [0.1, 0.15) is 5.82 Å². The molecule has 0 saturated heterocycles. The van der Waals surface area contributed by atoms with E-state index in [1.807, 2.05) is 6.07 Å². The number of amidine groups is 1. The van der Waals surface area contributed by atoms with Crippen LogP contribution >= 0.6 is 11.8 Å². The van der Waals surface area contributed by atoms with E-state index in [4.69, 9.17) is 4.99 Å². The lowest BCUT2D eigenvalue weighted by Gasteiger charge is -2.33. The summed E-state index contributed by atoms with van der Waals surface area (Å²) in [5.41, 5.74) is 1.75. The standard InChI is InChI=1S/C16H21FN2S/c1-11-4-3-7-16(9-11)10-20-15(19-16)18-13-5-6-14(17)12(2)8-13/h5-6,8,11H,3-4,7,9-10H2,1-2H3,(H,18,19). The molecule has 0 aromatic heterocycles. The van der Waals surface area contributed by atoms with Crippen LogP contribution in [0, 0.1) is 18.7 Å². The topological polar surface area (TPSA) is 24.4 Å². The summed E-state index contributed by atoms with van der Waals surface area (Å²) in [5.74, 6) is 1.70. The van der Waals surface area contributed by atoms with Gasteiger partial charge in [-0.1, -0.05) is 31.5 Å². The van der Waals surface area contributed by atoms with Crippen LogP contribution < -0.4 is 5.32 Å². The average molecular weight is 292 g/mol. The van der Waals surface area contributed by atoms with Crippen molar-refractivity contribution in [3.05, 3.63) is 29.6 Å². The molecule has 2 aliphatic rings. The molecular weight excluding hydrogens is 271 g/mol. The molecule has 0 bridgehead atoms. The van der Waals surface area contributed by atoms with Gasteiger partial charge < -0.3 is 5.32 Å². The molecule has 1 spiro atoms. The van der Waals surface area contributed by atoms with Crippen molar-refractivity contribution in [2.24, 2.45) is 10.9 Å². The number of aliphatic imine (C=N–C) groups is 1. The van der Waals surface area contributed by atoms with Crippen molar-refractivity contribution >= 4 is 22.6 Å². The van der Waals surface area contributed by atoms with Crippen molar-refractivity contribution in [1.82, 2.24) is 0 Å². The Kier molecular flexibility index (Phi) is 3.76. The molecule has 4 heteroatoms. The molecule has 2 atom stereocenters. The van der Waals surface area contributed by atoms with Crippen LogP contribution in [0.2, 0.25) is 0 Å². The van der Waals surface area contributed by atoms with Gasteiger partial charge in [-0.2, -0.15) is 0 Å². The smallest absolute Gasteiger partial charge is 0.161 e. The summed E-state index contributed by atoms with van der Waals surface area (Å²) in [7, 11) is 0. The Morgan fingerprint density at radius 3 is 3.05 bits per heavy atom. The normalized spacial score (nSPS) is 29.6. The van der Waals surface area contributed by atoms with Crippen molar-refractivity contribution in [1.29, 1.82) is 0 Å². The Morgan fingerprint density at radius 1 is 1.45 bits per heavy atom. The number of hydrogen-bond acceptors (Lipinski definition) is 3. The Morgan fingerprint density at radius 2 is 2.30 bits per heavy atom. The number of thioether (sulfide) groups is 1. The summed E-state index contributed by atoms with van der Waals surface area (Å²) < 4.78 is 13.3. The largest absolute Gasteiger partial charge is 0.335 e. The molecule has 0 radical (unpaired) electrons. The second-order valence-electron chi connectivity index (χ2n) is 6.22. The van der Waals surface area contributed by atoms with Gasteiger partial charge >= 0.3 is 0 Å². The van der Waals surface area contributed by atoms with Crippen molar-refractivity contribution in [2.75, 3.05) is 11.1 Å². The van der Waals surface area contributed by atoms with Crippen LogP contribution in [-0.2, 0) is 0 Å². The van der Waals surface area contributed by atoms with E-state index in [-0.39, 0.29) is 11.4 Å². The summed E-state index contributed by atoms with van der Waals surface area (Å²) in [4.78, 5) is 4.95. The van der Waals surface area contributed by atoms with Gasteiger partial charge in [0.05, 0.1) is 5.54 Å². The van der Waals surface area contributed by atoms with E-state index in [1.54, 1.807) is 24.8 Å². The van der Waals surface area contributed by atoms with Gasteiger partial charge in [-0.25, -0.2) is 4.39 Å². The molecule has 108 valence electrons. The van der Waals surface area contributed by atoms with Crippen LogP contribution in [0.1, 0.15) is 38.2 Å². The van der Waals surface area contributed by atoms with Crippen LogP contribution in [0.4, 0.5) is 10.1 Å². The second-order valence-corrected chi connectivity index (χ2v) is 7.18. The summed E-state index contributed by atoms with van der Waals surface area (Å²) in [6.45, 7) is 4.12. The molecule has 1 saturated carbocycles. The van der Waals surface area contributed by atoms with Gasteiger partial charge in [-0.3, -0.25) is 4.99 Å². The SMILES string of the molecule is Cc1cc(NC2=NC3(CCCC(C)C3)CS2)ccc1F. The molecule has 20 heavy (non-hydrogen) atoms. The molecular formula is C16H21FN2S. The number of benzene rings is 1. The first-order valence-corrected chi connectivity index (χ1v) is 8.31. The highest BCUT2D eigenvalue weighted by Gasteiger charge is 2.39. The van der Waals surface area contributed by atoms with Gasteiger partial charge in [-0.15, -0.1) is 0 Å². The van der Waals surface area contributed by atoms with Gasteiger partial charge in [0.25, 0.3) is 0 Å². The molecule has 1 aromatic rings. The van der Waals surface area contributed by atoms with Crippen LogP contribution in [-0.4, -0.2) is 16.5 Å². The van der Waals surface area contributed by atoms with Gasteiger partial charge in [0, 0.05) is 11.4 Å². The molecule has 1 aliphatic carbocycles. The lowest BCUT2D eigenvalue weighted by molar-refractivity contribution is 0.266. The molecule has 1 N–H and O–H groups in total. The fourth-order valence-electron chi connectivity index (χ4n) is 3.26. The van der Waals surface area contributed by atoms with E-state index in [2.05, 4.69) is 12.2 Å². The van der Waals surface area contributed by atoms with Crippen molar-refractivity contribution in [2.45, 2.75) is 45.1 Å². The number of hydrogen-bond donors (Lipinski definition) is 1. The van der Waals surface area contributed by atoms with Gasteiger partial charge in [0.15, 0.2) is 5.17 Å². The lowest BCUT2D eigenvalue weighted by atomic mass is 9.78. The zero-order valence-electron chi connectivity index (χ0n) is 12.1. The first kappa shape index (κ1) is 13.9. The summed E-state index contributed by atoms with van der Waals surface area (Å²) >= 11 is 1.80. The first-order chi connectivity index (χ1) is 9.56. The van der Waals surface area contributed by atoms with Gasteiger partial charge in [-0.05, 0) is 49.4 Å². The Hall–Kier alpha value is -1.03. The number of nitrogens with one attached hydrogen (secondary N) is 1. The van der Waals surface area contributed by atoms with E-state index in [1.165, 1.54) is 31.7 Å². The highest BCUT2D eigenvalue weighted by Crippen LogP contribution is 2.42. The minimum Gasteiger partial charge on any atom is -0.335 e. The van der Waals surface area contributed by atoms with E-state index in [0.29, 0.717) is 5.56 Å². The van der Waals surface area contributed by atoms with E-state index >= 15 is 0 Å². The highest BCUT2D eigenvalue weighted by molar-refractivity contribution is 8.14. The maximum atomic E-state index is 13.3. The van der Waals surface area contributed by atoms with E-state index < -0.39 is 0 Å². The molecule has 1 heterocycles. The zero-order valence-corrected chi connectivity index (χ0v) is 12.9. The third-order valence-corrected chi connectivity index (χ3v) is 5.44. The van der Waals surface area contributed by atoms with Crippen LogP contribution in [0.5, 0.6) is 0 Å². The highest BCUT2D eigenvalue weighted by atomic mass is 32.2. The number of halogens is 1. The Balaban J connectivity index is 1.73. The quantitative estimate of drug-likeness (QED) is 0.818. The van der Waals surface area contributed by atoms with Crippen LogP contribution in [0.3, 0.4) is 0 Å². The number of rotatable bonds is 1. The van der Waals surface area contributed by atoms with Crippen LogP contribution in [0.15, 0.2) is 23.2 Å². The van der Waals surface area contributed by atoms with E-state index in [9.17, 15) is 4.39 Å². The lowest BCUT2D eigenvalue weighted by Crippen LogP contribution is -2.33. The summed E-state index contributed by atoms with van der Waals surface area (Å²) in [6, 6.07) is 5.13. The molecule has 1 fully saturated rings. The average Bonchev–Trinajstić information content (AvgIpc) is 2.76. The molecule has 1 aliphatic heterocycles. The van der Waals surface area contributed by atoms with Crippen molar-refractivity contribution in [3.63, 3.8) is 0 Å². The molecule has 2 unspecified atom stereocenters. The zero-order chi connectivity index (χ0) is 14.2. The summed E-state index contributed by atoms with van der Waals surface area (Å²) in [6.07, 6.45) is 5.03. The fourth-order valence-corrected chi connectivity index (χ4v) is 4.44. The number of aryl methyl sites for hydroxylation is 1. The van der Waals surface area contributed by atoms with E-state index in [0.717, 1.165) is 22.5 Å². The number of anilines is 1. The monoisotopic (exact) mass is 292 g/mol. The second kappa shape index (κ2) is 5.40.